The summed E-state index contributed by atoms with van der Waals surface area (Å²) < 4.78 is 0. The molecule has 0 amide bonds. The Kier molecular flexibility index (Phi) is 5.95. The second-order valence-corrected chi connectivity index (χ2v) is 6.49. The van der Waals surface area contributed by atoms with Crippen molar-refractivity contribution >= 4 is 17.2 Å². The van der Waals surface area contributed by atoms with Gasteiger partial charge < -0.3 is 5.73 Å². The molecule has 106 valence electrons. The predicted molar refractivity (Wildman–Crippen MR) is 87.2 cm³/mol. The highest BCUT2D eigenvalue weighted by Crippen LogP contribution is 2.22. The van der Waals surface area contributed by atoms with E-state index in [2.05, 4.69) is 62.9 Å². The van der Waals surface area contributed by atoms with E-state index in [0.29, 0.717) is 11.0 Å². The van der Waals surface area contributed by atoms with Gasteiger partial charge in [0.2, 0.25) is 0 Å². The summed E-state index contributed by atoms with van der Waals surface area (Å²) in [6, 6.07) is 11.1. The van der Waals surface area contributed by atoms with Crippen molar-refractivity contribution < 1.29 is 0 Å². The number of nitrogens with zero attached hydrogens (tertiary/aromatic N) is 1. The van der Waals surface area contributed by atoms with E-state index in [9.17, 15) is 0 Å². The van der Waals surface area contributed by atoms with Crippen molar-refractivity contribution in [3.05, 3.63) is 35.9 Å². The van der Waals surface area contributed by atoms with Gasteiger partial charge in [-0.1, -0.05) is 56.4 Å². The first-order valence-corrected chi connectivity index (χ1v) is 7.31. The van der Waals surface area contributed by atoms with E-state index < -0.39 is 0 Å². The molecule has 0 spiro atoms. The molecule has 0 aliphatic carbocycles. The van der Waals surface area contributed by atoms with Gasteiger partial charge in [0.1, 0.15) is 0 Å². The molecule has 0 aliphatic heterocycles. The van der Waals surface area contributed by atoms with E-state index in [1.807, 2.05) is 0 Å². The Morgan fingerprint density at radius 1 is 1.26 bits per heavy atom. The van der Waals surface area contributed by atoms with Crippen molar-refractivity contribution in [1.29, 1.82) is 0 Å². The fourth-order valence-corrected chi connectivity index (χ4v) is 1.99. The molecule has 2 N–H and O–H groups in total. The minimum atomic E-state index is -0.0703. The molecule has 0 saturated carbocycles. The van der Waals surface area contributed by atoms with Gasteiger partial charge >= 0.3 is 0 Å². The average molecular weight is 278 g/mol. The molecule has 2 nitrogen and oxygen atoms in total. The lowest BCUT2D eigenvalue weighted by atomic mass is 9.89. The van der Waals surface area contributed by atoms with E-state index in [-0.39, 0.29) is 5.41 Å². The summed E-state index contributed by atoms with van der Waals surface area (Å²) in [5.74, 6) is 0. The largest absolute Gasteiger partial charge is 0.393 e. The fraction of sp³-hybridized carbons (Fsp3) is 0.562. The number of thiocarbonyl (C=S) groups is 1. The summed E-state index contributed by atoms with van der Waals surface area (Å²) in [5.41, 5.74) is 7.08. The number of hydrogen-bond donors (Lipinski definition) is 1. The number of rotatable bonds is 7. The normalized spacial score (nSPS) is 12.1. The first kappa shape index (κ1) is 16.1. The lowest BCUT2D eigenvalue weighted by Crippen LogP contribution is -2.37. The Morgan fingerprint density at radius 3 is 2.32 bits per heavy atom. The molecule has 0 fully saturated rings. The van der Waals surface area contributed by atoms with E-state index >= 15 is 0 Å². The highest BCUT2D eigenvalue weighted by Gasteiger charge is 2.23. The molecule has 0 heterocycles. The maximum Gasteiger partial charge on any atom is 0.0784 e. The van der Waals surface area contributed by atoms with Crippen molar-refractivity contribution in [3.8, 4) is 0 Å². The number of nitrogens with two attached hydrogens (primary N) is 1. The van der Waals surface area contributed by atoms with E-state index in [4.69, 9.17) is 18.0 Å². The molecular formula is C16H26N2S. The highest BCUT2D eigenvalue weighted by molar-refractivity contribution is 7.80. The van der Waals surface area contributed by atoms with Crippen LogP contribution < -0.4 is 5.73 Å². The smallest absolute Gasteiger partial charge is 0.0784 e. The average Bonchev–Trinajstić information content (AvgIpc) is 2.35. The molecule has 0 atom stereocenters. The van der Waals surface area contributed by atoms with Crippen LogP contribution in [0.3, 0.4) is 0 Å². The third-order valence-corrected chi connectivity index (χ3v) is 4.20. The molecule has 0 aromatic heterocycles. The first-order valence-electron chi connectivity index (χ1n) is 6.91. The molecule has 1 rings (SSSR count). The highest BCUT2D eigenvalue weighted by atomic mass is 32.1. The van der Waals surface area contributed by atoms with Gasteiger partial charge in [-0.2, -0.15) is 0 Å². The topological polar surface area (TPSA) is 29.3 Å². The van der Waals surface area contributed by atoms with Crippen LogP contribution in [-0.2, 0) is 6.54 Å². The Labute approximate surface area is 123 Å². The maximum atomic E-state index is 5.80. The van der Waals surface area contributed by atoms with Crippen LogP contribution in [0.1, 0.15) is 39.7 Å². The summed E-state index contributed by atoms with van der Waals surface area (Å²) >= 11 is 5.14. The third-order valence-electron chi connectivity index (χ3n) is 3.65. The van der Waals surface area contributed by atoms with Crippen molar-refractivity contribution in [1.82, 2.24) is 4.90 Å². The molecule has 0 bridgehead atoms. The molecule has 0 aliphatic rings. The summed E-state index contributed by atoms with van der Waals surface area (Å²) in [6.45, 7) is 10.7. The number of benzene rings is 1. The molecular weight excluding hydrogens is 252 g/mol. The van der Waals surface area contributed by atoms with Gasteiger partial charge in [-0.05, 0) is 32.4 Å². The zero-order valence-electron chi connectivity index (χ0n) is 12.5. The first-order chi connectivity index (χ1) is 8.83. The molecule has 19 heavy (non-hydrogen) atoms. The van der Waals surface area contributed by atoms with Crippen LogP contribution in [0.5, 0.6) is 0 Å². The van der Waals surface area contributed by atoms with Gasteiger partial charge in [0.15, 0.2) is 0 Å². The molecule has 3 heteroatoms. The third kappa shape index (κ3) is 5.29. The standard InChI is InChI=1S/C16H26N2S/c1-13(2)18(11-10-16(3,4)15(17)19)12-14-8-6-5-7-9-14/h5-9,13H,10-12H2,1-4H3,(H2,17,19). The predicted octanol–water partition coefficient (Wildman–Crippen LogP) is 3.60. The van der Waals surface area contributed by atoms with Gasteiger partial charge in [-0.25, -0.2) is 0 Å². The Morgan fingerprint density at radius 2 is 1.84 bits per heavy atom. The maximum absolute atomic E-state index is 5.80. The number of hydrogen-bond acceptors (Lipinski definition) is 2. The lowest BCUT2D eigenvalue weighted by molar-refractivity contribution is 0.193. The van der Waals surface area contributed by atoms with Crippen molar-refractivity contribution in [3.63, 3.8) is 0 Å². The molecule has 0 unspecified atom stereocenters. The van der Waals surface area contributed by atoms with Gasteiger partial charge in [0.25, 0.3) is 0 Å². The summed E-state index contributed by atoms with van der Waals surface area (Å²) in [4.78, 5) is 3.07. The SMILES string of the molecule is CC(C)N(CCC(C)(C)C(N)=S)Cc1ccccc1. The Balaban J connectivity index is 2.62. The molecule has 1 aromatic carbocycles. The lowest BCUT2D eigenvalue weighted by Gasteiger charge is -2.31. The van der Waals surface area contributed by atoms with Gasteiger partial charge in [0, 0.05) is 18.0 Å². The van der Waals surface area contributed by atoms with Gasteiger partial charge in [0.05, 0.1) is 4.99 Å². The molecule has 1 aromatic rings. The Hall–Kier alpha value is -0.930. The molecule has 0 saturated heterocycles. The van der Waals surface area contributed by atoms with Crippen LogP contribution in [0, 0.1) is 5.41 Å². The second kappa shape index (κ2) is 7.01. The fourth-order valence-electron chi connectivity index (χ4n) is 1.88. The second-order valence-electron chi connectivity index (χ2n) is 6.05. The van der Waals surface area contributed by atoms with Crippen molar-refractivity contribution in [2.24, 2.45) is 11.1 Å². The summed E-state index contributed by atoms with van der Waals surface area (Å²) in [5, 5.41) is 0. The summed E-state index contributed by atoms with van der Waals surface area (Å²) in [6.07, 6.45) is 0.993. The molecule has 0 radical (unpaired) electrons. The van der Waals surface area contributed by atoms with Crippen LogP contribution >= 0.6 is 12.2 Å². The van der Waals surface area contributed by atoms with Crippen molar-refractivity contribution in [2.45, 2.75) is 46.7 Å². The van der Waals surface area contributed by atoms with Crippen LogP contribution in [0.2, 0.25) is 0 Å². The van der Waals surface area contributed by atoms with Crippen LogP contribution in [0.25, 0.3) is 0 Å². The van der Waals surface area contributed by atoms with Crippen molar-refractivity contribution in [2.75, 3.05) is 6.54 Å². The van der Waals surface area contributed by atoms with E-state index in [1.54, 1.807) is 0 Å². The van der Waals surface area contributed by atoms with E-state index in [0.717, 1.165) is 19.5 Å². The minimum absolute atomic E-state index is 0.0703. The van der Waals surface area contributed by atoms with Gasteiger partial charge in [-0.3, -0.25) is 4.90 Å². The van der Waals surface area contributed by atoms with Crippen LogP contribution in [0.15, 0.2) is 30.3 Å². The minimum Gasteiger partial charge on any atom is -0.393 e. The van der Waals surface area contributed by atoms with Gasteiger partial charge in [-0.15, -0.1) is 0 Å². The zero-order valence-corrected chi connectivity index (χ0v) is 13.3. The van der Waals surface area contributed by atoms with E-state index in [1.165, 1.54) is 5.56 Å². The quantitative estimate of drug-likeness (QED) is 0.773. The van der Waals surface area contributed by atoms with Crippen LogP contribution in [-0.4, -0.2) is 22.5 Å². The Bertz CT molecular complexity index is 398. The zero-order chi connectivity index (χ0) is 14.5. The summed E-state index contributed by atoms with van der Waals surface area (Å²) in [7, 11) is 0. The monoisotopic (exact) mass is 278 g/mol. The van der Waals surface area contributed by atoms with Crippen LogP contribution in [0.4, 0.5) is 0 Å².